The van der Waals surface area contributed by atoms with Crippen LogP contribution in [-0.2, 0) is 22.1 Å². The molecule has 1 atom stereocenters. The molecule has 0 aliphatic carbocycles. The highest BCUT2D eigenvalue weighted by atomic mass is 19.4. The number of hydrogen-bond donors (Lipinski definition) is 0. The van der Waals surface area contributed by atoms with Gasteiger partial charge < -0.3 is 14.2 Å². The number of rotatable bonds is 5. The second-order valence-electron chi connectivity index (χ2n) is 7.33. The molecule has 2 heterocycles. The molecular formula is C22H19F4N3O3. The molecule has 0 saturated carbocycles. The number of alkyl halides is 3. The van der Waals surface area contributed by atoms with Gasteiger partial charge in [0.05, 0.1) is 18.7 Å². The van der Waals surface area contributed by atoms with Gasteiger partial charge in [-0.15, -0.1) is 0 Å². The van der Waals surface area contributed by atoms with Gasteiger partial charge in [-0.1, -0.05) is 35.5 Å². The van der Waals surface area contributed by atoms with Crippen molar-refractivity contribution in [3.63, 3.8) is 0 Å². The van der Waals surface area contributed by atoms with E-state index in [9.17, 15) is 22.4 Å². The molecule has 1 aliphatic heterocycles. The van der Waals surface area contributed by atoms with Gasteiger partial charge in [0.2, 0.25) is 11.7 Å². The molecule has 6 nitrogen and oxygen atoms in total. The summed E-state index contributed by atoms with van der Waals surface area (Å²) in [7, 11) is 0. The van der Waals surface area contributed by atoms with Crippen molar-refractivity contribution in [3.8, 4) is 11.4 Å². The largest absolute Gasteiger partial charge is 0.416 e. The first-order valence-electron chi connectivity index (χ1n) is 9.95. The fourth-order valence-corrected chi connectivity index (χ4v) is 3.44. The predicted molar refractivity (Wildman–Crippen MR) is 105 cm³/mol. The molecule has 0 radical (unpaired) electrons. The van der Waals surface area contributed by atoms with Crippen molar-refractivity contribution >= 4 is 5.91 Å². The summed E-state index contributed by atoms with van der Waals surface area (Å²) >= 11 is 0. The van der Waals surface area contributed by atoms with Crippen molar-refractivity contribution in [2.45, 2.75) is 25.1 Å². The van der Waals surface area contributed by atoms with Gasteiger partial charge in [0.25, 0.3) is 5.89 Å². The van der Waals surface area contributed by atoms with Crippen LogP contribution in [0.4, 0.5) is 17.6 Å². The molecule has 0 N–H and O–H groups in total. The standard InChI is InChI=1S/C22H19F4N3O3/c23-17-7-2-1-4-14(17)8-9-19(30)29-10-11-31-18(13-29)21-27-20(28-32-21)15-5-3-6-16(12-15)22(24,25)26/h1-7,12,18H,8-11,13H2. The minimum atomic E-state index is -4.49. The average Bonchev–Trinajstić information content (AvgIpc) is 3.28. The Bertz CT molecular complexity index is 1100. The number of morpholine rings is 1. The normalized spacial score (nSPS) is 16.9. The van der Waals surface area contributed by atoms with Crippen molar-refractivity contribution in [2.75, 3.05) is 19.7 Å². The number of amides is 1. The highest BCUT2D eigenvalue weighted by Gasteiger charge is 2.32. The van der Waals surface area contributed by atoms with E-state index >= 15 is 0 Å². The van der Waals surface area contributed by atoms with Crippen molar-refractivity contribution < 1.29 is 31.6 Å². The lowest BCUT2D eigenvalue weighted by atomic mass is 10.1. The van der Waals surface area contributed by atoms with E-state index in [-0.39, 0.29) is 55.0 Å². The number of aryl methyl sites for hydroxylation is 1. The van der Waals surface area contributed by atoms with Gasteiger partial charge in [0.1, 0.15) is 5.82 Å². The maximum atomic E-state index is 13.8. The first-order chi connectivity index (χ1) is 15.3. The molecule has 1 saturated heterocycles. The van der Waals surface area contributed by atoms with E-state index in [4.69, 9.17) is 9.26 Å². The molecule has 1 unspecified atom stereocenters. The summed E-state index contributed by atoms with van der Waals surface area (Å²) in [6.07, 6.45) is -4.78. The lowest BCUT2D eigenvalue weighted by Gasteiger charge is -2.31. The molecule has 32 heavy (non-hydrogen) atoms. The molecule has 168 valence electrons. The lowest BCUT2D eigenvalue weighted by molar-refractivity contribution is -0.140. The summed E-state index contributed by atoms with van der Waals surface area (Å²) < 4.78 is 63.4. The third kappa shape index (κ3) is 4.96. The summed E-state index contributed by atoms with van der Waals surface area (Å²) in [5, 5.41) is 3.76. The molecule has 0 spiro atoms. The van der Waals surface area contributed by atoms with Crippen LogP contribution in [0.15, 0.2) is 53.1 Å². The van der Waals surface area contributed by atoms with Gasteiger partial charge in [-0.2, -0.15) is 18.2 Å². The summed E-state index contributed by atoms with van der Waals surface area (Å²) in [4.78, 5) is 18.3. The van der Waals surface area contributed by atoms with Gasteiger partial charge in [-0.05, 0) is 30.2 Å². The molecule has 1 amide bonds. The van der Waals surface area contributed by atoms with Crippen molar-refractivity contribution in [2.24, 2.45) is 0 Å². The van der Waals surface area contributed by atoms with E-state index in [1.54, 1.807) is 23.1 Å². The SMILES string of the molecule is O=C(CCc1ccccc1F)N1CCOC(c2nc(-c3cccc(C(F)(F)F)c3)no2)C1. The Hall–Kier alpha value is -3.27. The number of benzene rings is 2. The molecule has 3 aromatic rings. The zero-order valence-electron chi connectivity index (χ0n) is 16.8. The topological polar surface area (TPSA) is 68.5 Å². The molecular weight excluding hydrogens is 430 g/mol. The average molecular weight is 449 g/mol. The Morgan fingerprint density at radius 3 is 2.75 bits per heavy atom. The zero-order valence-corrected chi connectivity index (χ0v) is 16.8. The van der Waals surface area contributed by atoms with E-state index in [0.717, 1.165) is 12.1 Å². The predicted octanol–water partition coefficient (Wildman–Crippen LogP) is 4.43. The van der Waals surface area contributed by atoms with Crippen LogP contribution in [0.2, 0.25) is 0 Å². The number of aromatic nitrogens is 2. The molecule has 1 fully saturated rings. The van der Waals surface area contributed by atoms with Crippen LogP contribution in [0, 0.1) is 5.82 Å². The van der Waals surface area contributed by atoms with E-state index in [1.807, 2.05) is 0 Å². The maximum Gasteiger partial charge on any atom is 0.416 e. The Morgan fingerprint density at radius 1 is 1.16 bits per heavy atom. The van der Waals surface area contributed by atoms with Crippen LogP contribution < -0.4 is 0 Å². The van der Waals surface area contributed by atoms with E-state index in [1.165, 1.54) is 18.2 Å². The fraction of sp³-hybridized carbons (Fsp3) is 0.318. The second-order valence-corrected chi connectivity index (χ2v) is 7.33. The Balaban J connectivity index is 1.41. The summed E-state index contributed by atoms with van der Waals surface area (Å²) in [6.45, 7) is 0.749. The van der Waals surface area contributed by atoms with Crippen LogP contribution in [0.25, 0.3) is 11.4 Å². The van der Waals surface area contributed by atoms with Gasteiger partial charge in [0, 0.05) is 18.5 Å². The first-order valence-corrected chi connectivity index (χ1v) is 9.95. The van der Waals surface area contributed by atoms with Gasteiger partial charge >= 0.3 is 6.18 Å². The molecule has 10 heteroatoms. The van der Waals surface area contributed by atoms with Crippen LogP contribution in [0.1, 0.15) is 29.5 Å². The van der Waals surface area contributed by atoms with E-state index < -0.39 is 17.8 Å². The number of carbonyl (C=O) groups is 1. The van der Waals surface area contributed by atoms with Crippen LogP contribution in [0.5, 0.6) is 0 Å². The maximum absolute atomic E-state index is 13.8. The molecule has 1 aromatic heterocycles. The van der Waals surface area contributed by atoms with Crippen molar-refractivity contribution in [3.05, 3.63) is 71.4 Å². The molecule has 4 rings (SSSR count). The van der Waals surface area contributed by atoms with E-state index in [0.29, 0.717) is 12.1 Å². The fourth-order valence-electron chi connectivity index (χ4n) is 3.44. The van der Waals surface area contributed by atoms with Gasteiger partial charge in [-0.25, -0.2) is 4.39 Å². The first kappa shape index (κ1) is 21.9. The third-order valence-corrected chi connectivity index (χ3v) is 5.15. The highest BCUT2D eigenvalue weighted by Crippen LogP contribution is 2.32. The summed E-state index contributed by atoms with van der Waals surface area (Å²) in [5.74, 6) is -0.450. The number of carbonyl (C=O) groups excluding carboxylic acids is 1. The lowest BCUT2D eigenvalue weighted by Crippen LogP contribution is -2.42. The van der Waals surface area contributed by atoms with Gasteiger partial charge in [-0.3, -0.25) is 4.79 Å². The second kappa shape index (κ2) is 9.07. The summed E-state index contributed by atoms with van der Waals surface area (Å²) in [5.41, 5.74) is -0.196. The highest BCUT2D eigenvalue weighted by molar-refractivity contribution is 5.76. The number of ether oxygens (including phenoxy) is 1. The minimum absolute atomic E-state index is 0.00213. The number of hydrogen-bond acceptors (Lipinski definition) is 5. The monoisotopic (exact) mass is 449 g/mol. The Labute approximate surface area is 180 Å². The summed E-state index contributed by atoms with van der Waals surface area (Å²) in [6, 6.07) is 10.9. The molecule has 1 aliphatic rings. The third-order valence-electron chi connectivity index (χ3n) is 5.15. The molecule has 2 aromatic carbocycles. The van der Waals surface area contributed by atoms with Crippen molar-refractivity contribution in [1.29, 1.82) is 0 Å². The Morgan fingerprint density at radius 2 is 1.97 bits per heavy atom. The van der Waals surface area contributed by atoms with E-state index in [2.05, 4.69) is 10.1 Å². The van der Waals surface area contributed by atoms with Gasteiger partial charge in [0.15, 0.2) is 6.10 Å². The smallest absolute Gasteiger partial charge is 0.365 e. The number of halogens is 4. The minimum Gasteiger partial charge on any atom is -0.365 e. The zero-order chi connectivity index (χ0) is 22.7. The van der Waals surface area contributed by atoms with Crippen molar-refractivity contribution in [1.82, 2.24) is 15.0 Å². The van der Waals surface area contributed by atoms with Crippen LogP contribution in [-0.4, -0.2) is 40.6 Å². The Kier molecular flexibility index (Phi) is 6.22. The number of nitrogens with zero attached hydrogens (tertiary/aromatic N) is 3. The molecule has 0 bridgehead atoms. The quantitative estimate of drug-likeness (QED) is 0.540. The van der Waals surface area contributed by atoms with Crippen LogP contribution >= 0.6 is 0 Å². The van der Waals surface area contributed by atoms with Crippen LogP contribution in [0.3, 0.4) is 0 Å².